The van der Waals surface area contributed by atoms with E-state index in [0.717, 1.165) is 51.2 Å². The van der Waals surface area contributed by atoms with Crippen molar-refractivity contribution in [2.75, 3.05) is 26.2 Å². The van der Waals surface area contributed by atoms with E-state index >= 15 is 0 Å². The first-order valence-corrected chi connectivity index (χ1v) is 7.50. The number of carbonyl (C=O) groups excluding carboxylic acids is 1. The summed E-state index contributed by atoms with van der Waals surface area (Å²) in [5, 5.41) is 3.36. The van der Waals surface area contributed by atoms with Crippen LogP contribution in [0.1, 0.15) is 31.9 Å². The zero-order valence-corrected chi connectivity index (χ0v) is 12.2. The van der Waals surface area contributed by atoms with Crippen LogP contribution >= 0.6 is 0 Å². The number of nitrogens with zero attached hydrogens (tertiary/aromatic N) is 1. The van der Waals surface area contributed by atoms with Gasteiger partial charge in [0.25, 0.3) is 0 Å². The Labute approximate surface area is 120 Å². The van der Waals surface area contributed by atoms with Crippen molar-refractivity contribution in [3.8, 4) is 0 Å². The van der Waals surface area contributed by atoms with Crippen LogP contribution in [0.4, 0.5) is 0 Å². The van der Waals surface area contributed by atoms with Crippen LogP contribution in [0, 0.1) is 5.92 Å². The van der Waals surface area contributed by atoms with Crippen molar-refractivity contribution in [1.29, 1.82) is 0 Å². The number of nitrogens with one attached hydrogen (secondary N) is 1. The summed E-state index contributed by atoms with van der Waals surface area (Å²) in [5.74, 6) is 1.43. The van der Waals surface area contributed by atoms with E-state index in [9.17, 15) is 4.79 Å². The minimum absolute atomic E-state index is 0.0850. The van der Waals surface area contributed by atoms with Crippen LogP contribution in [-0.2, 0) is 4.79 Å². The molecule has 0 saturated carbocycles. The summed E-state index contributed by atoms with van der Waals surface area (Å²) in [5.41, 5.74) is 0. The lowest BCUT2D eigenvalue weighted by atomic mass is 9.97. The minimum Gasteiger partial charge on any atom is -0.465 e. The SMILES string of the molecule is CCCN(CC1CCNCC1)C(=O)C=Cc1ccco1. The van der Waals surface area contributed by atoms with Crippen molar-refractivity contribution in [2.45, 2.75) is 26.2 Å². The first-order valence-electron chi connectivity index (χ1n) is 7.50. The summed E-state index contributed by atoms with van der Waals surface area (Å²) in [6, 6.07) is 3.67. The van der Waals surface area contributed by atoms with Crippen LogP contribution in [0.3, 0.4) is 0 Å². The molecule has 1 N–H and O–H groups in total. The van der Waals surface area contributed by atoms with E-state index in [2.05, 4.69) is 12.2 Å². The van der Waals surface area contributed by atoms with Gasteiger partial charge in [-0.2, -0.15) is 0 Å². The molecule has 1 aromatic heterocycles. The number of carbonyl (C=O) groups is 1. The van der Waals surface area contributed by atoms with Gasteiger partial charge in [-0.3, -0.25) is 4.79 Å². The molecule has 2 rings (SSSR count). The Bertz CT molecular complexity index is 420. The summed E-state index contributed by atoms with van der Waals surface area (Å²) >= 11 is 0. The van der Waals surface area contributed by atoms with Crippen LogP contribution in [0.2, 0.25) is 0 Å². The van der Waals surface area contributed by atoms with E-state index in [1.807, 2.05) is 17.0 Å². The van der Waals surface area contributed by atoms with E-state index in [1.54, 1.807) is 18.4 Å². The van der Waals surface area contributed by atoms with Gasteiger partial charge in [0.1, 0.15) is 5.76 Å². The average molecular weight is 276 g/mol. The van der Waals surface area contributed by atoms with Gasteiger partial charge in [0, 0.05) is 19.2 Å². The first kappa shape index (κ1) is 14.9. The summed E-state index contributed by atoms with van der Waals surface area (Å²) in [4.78, 5) is 14.3. The normalized spacial score (nSPS) is 16.6. The van der Waals surface area contributed by atoms with E-state index < -0.39 is 0 Å². The number of piperidine rings is 1. The van der Waals surface area contributed by atoms with Gasteiger partial charge in [0.15, 0.2) is 0 Å². The Hall–Kier alpha value is -1.55. The number of rotatable bonds is 6. The fourth-order valence-electron chi connectivity index (χ4n) is 2.58. The lowest BCUT2D eigenvalue weighted by molar-refractivity contribution is -0.126. The maximum atomic E-state index is 12.3. The second-order valence-electron chi connectivity index (χ2n) is 5.33. The summed E-state index contributed by atoms with van der Waals surface area (Å²) < 4.78 is 5.21. The predicted molar refractivity (Wildman–Crippen MR) is 80.2 cm³/mol. The maximum absolute atomic E-state index is 12.3. The molecule has 0 aromatic carbocycles. The van der Waals surface area contributed by atoms with E-state index in [1.165, 1.54) is 0 Å². The molecular formula is C16H24N2O2. The molecule has 0 radical (unpaired) electrons. The number of hydrogen-bond acceptors (Lipinski definition) is 3. The Morgan fingerprint density at radius 3 is 2.95 bits per heavy atom. The lowest BCUT2D eigenvalue weighted by Crippen LogP contribution is -2.39. The van der Waals surface area contributed by atoms with Gasteiger partial charge in [-0.15, -0.1) is 0 Å². The third-order valence-electron chi connectivity index (χ3n) is 3.68. The highest BCUT2D eigenvalue weighted by molar-refractivity contribution is 5.91. The van der Waals surface area contributed by atoms with Crippen LogP contribution in [0.5, 0.6) is 0 Å². The standard InChI is InChI=1S/C16H24N2O2/c1-2-11-18(13-14-7-9-17-10-8-14)16(19)6-5-15-4-3-12-20-15/h3-6,12,14,17H,2,7-11,13H2,1H3. The van der Waals surface area contributed by atoms with Gasteiger partial charge < -0.3 is 14.6 Å². The van der Waals surface area contributed by atoms with Crippen molar-refractivity contribution in [1.82, 2.24) is 10.2 Å². The van der Waals surface area contributed by atoms with Crippen molar-refractivity contribution < 1.29 is 9.21 Å². The Morgan fingerprint density at radius 1 is 1.50 bits per heavy atom. The molecular weight excluding hydrogens is 252 g/mol. The molecule has 4 nitrogen and oxygen atoms in total. The third kappa shape index (κ3) is 4.53. The molecule has 1 amide bonds. The van der Waals surface area contributed by atoms with Crippen LogP contribution in [0.25, 0.3) is 6.08 Å². The van der Waals surface area contributed by atoms with Crippen molar-refractivity contribution >= 4 is 12.0 Å². The highest BCUT2D eigenvalue weighted by Crippen LogP contribution is 2.14. The molecule has 20 heavy (non-hydrogen) atoms. The topological polar surface area (TPSA) is 45.5 Å². The monoisotopic (exact) mass is 276 g/mol. The summed E-state index contributed by atoms with van der Waals surface area (Å²) in [6.07, 6.45) is 8.29. The van der Waals surface area contributed by atoms with E-state index in [0.29, 0.717) is 5.92 Å². The number of hydrogen-bond donors (Lipinski definition) is 1. The predicted octanol–water partition coefficient (Wildman–Crippen LogP) is 2.53. The number of furan rings is 1. The highest BCUT2D eigenvalue weighted by Gasteiger charge is 2.18. The van der Waals surface area contributed by atoms with Gasteiger partial charge in [-0.05, 0) is 56.5 Å². The van der Waals surface area contributed by atoms with Crippen molar-refractivity contribution in [3.63, 3.8) is 0 Å². The first-order chi connectivity index (χ1) is 9.79. The molecule has 2 heterocycles. The van der Waals surface area contributed by atoms with Gasteiger partial charge in [-0.1, -0.05) is 6.92 Å². The quantitative estimate of drug-likeness (QED) is 0.812. The highest BCUT2D eigenvalue weighted by atomic mass is 16.3. The maximum Gasteiger partial charge on any atom is 0.246 e. The summed E-state index contributed by atoms with van der Waals surface area (Å²) in [7, 11) is 0. The third-order valence-corrected chi connectivity index (χ3v) is 3.68. The van der Waals surface area contributed by atoms with E-state index in [-0.39, 0.29) is 5.91 Å². The zero-order chi connectivity index (χ0) is 14.2. The second kappa shape index (κ2) is 7.90. The molecule has 0 unspecified atom stereocenters. The largest absolute Gasteiger partial charge is 0.465 e. The Morgan fingerprint density at radius 2 is 2.30 bits per heavy atom. The van der Waals surface area contributed by atoms with Crippen LogP contribution in [0.15, 0.2) is 28.9 Å². The van der Waals surface area contributed by atoms with Gasteiger partial charge in [0.05, 0.1) is 6.26 Å². The minimum atomic E-state index is 0.0850. The van der Waals surface area contributed by atoms with Crippen LogP contribution < -0.4 is 5.32 Å². The fourth-order valence-corrected chi connectivity index (χ4v) is 2.58. The molecule has 1 fully saturated rings. The number of amides is 1. The molecule has 0 aliphatic carbocycles. The van der Waals surface area contributed by atoms with Crippen molar-refractivity contribution in [2.24, 2.45) is 5.92 Å². The van der Waals surface area contributed by atoms with Crippen LogP contribution in [-0.4, -0.2) is 37.0 Å². The Balaban J connectivity index is 1.90. The molecule has 1 saturated heterocycles. The molecule has 110 valence electrons. The van der Waals surface area contributed by atoms with E-state index in [4.69, 9.17) is 4.42 Å². The molecule has 1 aliphatic rings. The molecule has 1 aromatic rings. The smallest absolute Gasteiger partial charge is 0.246 e. The fraction of sp³-hybridized carbons (Fsp3) is 0.562. The molecule has 4 heteroatoms. The average Bonchev–Trinajstić information content (AvgIpc) is 2.99. The molecule has 0 spiro atoms. The van der Waals surface area contributed by atoms with Crippen molar-refractivity contribution in [3.05, 3.63) is 30.2 Å². The molecule has 0 bridgehead atoms. The Kier molecular flexibility index (Phi) is 5.87. The second-order valence-corrected chi connectivity index (χ2v) is 5.33. The summed E-state index contributed by atoms with van der Waals surface area (Å²) in [6.45, 7) is 5.95. The van der Waals surface area contributed by atoms with Gasteiger partial charge >= 0.3 is 0 Å². The van der Waals surface area contributed by atoms with Gasteiger partial charge in [-0.25, -0.2) is 0 Å². The molecule has 0 atom stereocenters. The lowest BCUT2D eigenvalue weighted by Gasteiger charge is -2.29. The molecule has 1 aliphatic heterocycles. The zero-order valence-electron chi connectivity index (χ0n) is 12.2. The van der Waals surface area contributed by atoms with Gasteiger partial charge in [0.2, 0.25) is 5.91 Å².